The van der Waals surface area contributed by atoms with Gasteiger partial charge in [0.2, 0.25) is 5.91 Å². The fourth-order valence-electron chi connectivity index (χ4n) is 4.01. The molecular weight excluding hydrogens is 312 g/mol. The summed E-state index contributed by atoms with van der Waals surface area (Å²) >= 11 is 0. The first-order valence-electron chi connectivity index (χ1n) is 8.90. The Kier molecular flexibility index (Phi) is 4.04. The molecule has 4 heteroatoms. The third kappa shape index (κ3) is 2.82. The van der Waals surface area contributed by atoms with Gasteiger partial charge in [-0.25, -0.2) is 0 Å². The van der Waals surface area contributed by atoms with Gasteiger partial charge < -0.3 is 9.80 Å². The van der Waals surface area contributed by atoms with Gasteiger partial charge in [-0.2, -0.15) is 0 Å². The van der Waals surface area contributed by atoms with Crippen molar-refractivity contribution in [1.29, 1.82) is 0 Å². The molecule has 1 saturated heterocycles. The van der Waals surface area contributed by atoms with Gasteiger partial charge in [0.05, 0.1) is 6.04 Å². The number of anilines is 1. The van der Waals surface area contributed by atoms with Crippen molar-refractivity contribution < 1.29 is 9.59 Å². The number of fused-ring (bicyclic) bond motifs is 1. The summed E-state index contributed by atoms with van der Waals surface area (Å²) in [6, 6.07) is 15.9. The number of carbonyl (C=O) groups excluding carboxylic acids is 2. The Bertz CT molecular complexity index is 830. The molecule has 1 fully saturated rings. The first-order chi connectivity index (χ1) is 12.1. The smallest absolute Gasteiger partial charge is 0.254 e. The van der Waals surface area contributed by atoms with Crippen LogP contribution in [0.1, 0.15) is 46.8 Å². The van der Waals surface area contributed by atoms with Crippen LogP contribution >= 0.6 is 0 Å². The number of carbonyl (C=O) groups is 2. The second kappa shape index (κ2) is 6.36. The van der Waals surface area contributed by atoms with Crippen molar-refractivity contribution in [3.8, 4) is 0 Å². The van der Waals surface area contributed by atoms with Gasteiger partial charge in [-0.15, -0.1) is 0 Å². The first kappa shape index (κ1) is 15.9. The van der Waals surface area contributed by atoms with Crippen LogP contribution in [0.3, 0.4) is 0 Å². The SMILES string of the molecule is CN(C(=O)c1cccc(N2CCCC2=O)c1)C1CCc2ccccc21. The number of aryl methyl sites for hydroxylation is 1. The molecule has 0 spiro atoms. The monoisotopic (exact) mass is 334 g/mol. The van der Waals surface area contributed by atoms with E-state index in [4.69, 9.17) is 0 Å². The minimum absolute atomic E-state index is 0.00944. The summed E-state index contributed by atoms with van der Waals surface area (Å²) in [5.41, 5.74) is 4.06. The fourth-order valence-corrected chi connectivity index (χ4v) is 4.01. The Labute approximate surface area is 148 Å². The molecule has 1 aliphatic carbocycles. The molecule has 4 nitrogen and oxygen atoms in total. The summed E-state index contributed by atoms with van der Waals surface area (Å²) in [4.78, 5) is 28.6. The lowest BCUT2D eigenvalue weighted by Gasteiger charge is -2.26. The van der Waals surface area contributed by atoms with Crippen LogP contribution in [0.4, 0.5) is 5.69 Å². The van der Waals surface area contributed by atoms with Gasteiger partial charge in [0.15, 0.2) is 0 Å². The van der Waals surface area contributed by atoms with Crippen molar-refractivity contribution in [3.63, 3.8) is 0 Å². The highest BCUT2D eigenvalue weighted by Gasteiger charge is 2.29. The van der Waals surface area contributed by atoms with Gasteiger partial charge in [0.25, 0.3) is 5.91 Å². The molecule has 2 aliphatic rings. The van der Waals surface area contributed by atoms with Gasteiger partial charge in [-0.1, -0.05) is 30.3 Å². The zero-order chi connectivity index (χ0) is 17.4. The second-order valence-corrected chi connectivity index (χ2v) is 6.87. The van der Waals surface area contributed by atoms with E-state index in [1.54, 1.807) is 4.90 Å². The molecule has 25 heavy (non-hydrogen) atoms. The number of hydrogen-bond acceptors (Lipinski definition) is 2. The summed E-state index contributed by atoms with van der Waals surface area (Å²) in [7, 11) is 1.88. The van der Waals surface area contributed by atoms with Crippen LogP contribution < -0.4 is 4.90 Å². The molecular formula is C21H22N2O2. The molecule has 2 aromatic carbocycles. The zero-order valence-corrected chi connectivity index (χ0v) is 14.4. The summed E-state index contributed by atoms with van der Waals surface area (Å²) in [5, 5.41) is 0. The number of hydrogen-bond donors (Lipinski definition) is 0. The lowest BCUT2D eigenvalue weighted by Crippen LogP contribution is -2.30. The Morgan fingerprint density at radius 3 is 2.76 bits per heavy atom. The number of nitrogens with zero attached hydrogens (tertiary/aromatic N) is 2. The highest BCUT2D eigenvalue weighted by Crippen LogP contribution is 2.35. The fraction of sp³-hybridized carbons (Fsp3) is 0.333. The lowest BCUT2D eigenvalue weighted by atomic mass is 10.1. The molecule has 0 bridgehead atoms. The van der Waals surface area contributed by atoms with Crippen molar-refractivity contribution in [2.75, 3.05) is 18.5 Å². The zero-order valence-electron chi connectivity index (χ0n) is 14.4. The maximum atomic E-state index is 13.0. The molecule has 2 aromatic rings. The van der Waals surface area contributed by atoms with Crippen molar-refractivity contribution in [2.24, 2.45) is 0 Å². The molecule has 4 rings (SSSR count). The van der Waals surface area contributed by atoms with E-state index in [0.29, 0.717) is 12.0 Å². The summed E-state index contributed by atoms with van der Waals surface area (Å²) in [6.07, 6.45) is 3.46. The minimum atomic E-state index is 0.00944. The van der Waals surface area contributed by atoms with Crippen molar-refractivity contribution in [2.45, 2.75) is 31.7 Å². The van der Waals surface area contributed by atoms with Gasteiger partial charge >= 0.3 is 0 Å². The van der Waals surface area contributed by atoms with E-state index < -0.39 is 0 Å². The van der Waals surface area contributed by atoms with Gasteiger partial charge in [-0.05, 0) is 48.6 Å². The Morgan fingerprint density at radius 1 is 1.12 bits per heavy atom. The largest absolute Gasteiger partial charge is 0.335 e. The van der Waals surface area contributed by atoms with E-state index in [1.807, 2.05) is 42.3 Å². The topological polar surface area (TPSA) is 40.6 Å². The predicted octanol–water partition coefficient (Wildman–Crippen LogP) is 3.57. The van der Waals surface area contributed by atoms with E-state index >= 15 is 0 Å². The highest BCUT2D eigenvalue weighted by atomic mass is 16.2. The maximum Gasteiger partial charge on any atom is 0.254 e. The van der Waals surface area contributed by atoms with Crippen LogP contribution in [0.25, 0.3) is 0 Å². The molecule has 0 saturated carbocycles. The molecule has 0 radical (unpaired) electrons. The van der Waals surface area contributed by atoms with Gasteiger partial charge in [0.1, 0.15) is 0 Å². The molecule has 128 valence electrons. The third-order valence-corrected chi connectivity index (χ3v) is 5.37. The predicted molar refractivity (Wildman–Crippen MR) is 97.6 cm³/mol. The van der Waals surface area contributed by atoms with E-state index in [0.717, 1.165) is 31.5 Å². The lowest BCUT2D eigenvalue weighted by molar-refractivity contribution is -0.117. The van der Waals surface area contributed by atoms with E-state index in [1.165, 1.54) is 11.1 Å². The van der Waals surface area contributed by atoms with E-state index in [2.05, 4.69) is 18.2 Å². The quantitative estimate of drug-likeness (QED) is 0.861. The third-order valence-electron chi connectivity index (χ3n) is 5.37. The number of rotatable bonds is 3. The van der Waals surface area contributed by atoms with Crippen LogP contribution in [-0.4, -0.2) is 30.3 Å². The molecule has 1 unspecified atom stereocenters. The van der Waals surface area contributed by atoms with Gasteiger partial charge in [-0.3, -0.25) is 9.59 Å². The average molecular weight is 334 g/mol. The summed E-state index contributed by atoms with van der Waals surface area (Å²) in [5.74, 6) is 0.151. The molecule has 1 atom stereocenters. The van der Waals surface area contributed by atoms with Crippen LogP contribution in [-0.2, 0) is 11.2 Å². The molecule has 1 heterocycles. The van der Waals surface area contributed by atoms with E-state index in [-0.39, 0.29) is 17.9 Å². The molecule has 1 aliphatic heterocycles. The minimum Gasteiger partial charge on any atom is -0.335 e. The maximum absolute atomic E-state index is 13.0. The standard InChI is InChI=1S/C21H22N2O2/c1-22(19-12-11-15-6-2-3-9-18(15)19)21(25)16-7-4-8-17(14-16)23-13-5-10-20(23)24/h2-4,6-9,14,19H,5,10-13H2,1H3. The average Bonchev–Trinajstić information content (AvgIpc) is 3.26. The molecule has 0 N–H and O–H groups in total. The summed E-state index contributed by atoms with van der Waals surface area (Å²) < 4.78 is 0. The number of amides is 2. The van der Waals surface area contributed by atoms with Crippen molar-refractivity contribution in [1.82, 2.24) is 4.90 Å². The number of benzene rings is 2. The van der Waals surface area contributed by atoms with Crippen LogP contribution in [0.15, 0.2) is 48.5 Å². The molecule has 2 amide bonds. The van der Waals surface area contributed by atoms with Crippen molar-refractivity contribution in [3.05, 3.63) is 65.2 Å². The van der Waals surface area contributed by atoms with Crippen LogP contribution in [0, 0.1) is 0 Å². The second-order valence-electron chi connectivity index (χ2n) is 6.87. The molecule has 0 aromatic heterocycles. The Hall–Kier alpha value is -2.62. The van der Waals surface area contributed by atoms with E-state index in [9.17, 15) is 9.59 Å². The van der Waals surface area contributed by atoms with Crippen LogP contribution in [0.5, 0.6) is 0 Å². The normalized spacial score (nSPS) is 19.2. The van der Waals surface area contributed by atoms with Gasteiger partial charge in [0, 0.05) is 31.3 Å². The van der Waals surface area contributed by atoms with Crippen molar-refractivity contribution >= 4 is 17.5 Å². The summed E-state index contributed by atoms with van der Waals surface area (Å²) in [6.45, 7) is 0.738. The Balaban J connectivity index is 1.58. The van der Waals surface area contributed by atoms with Crippen LogP contribution in [0.2, 0.25) is 0 Å². The highest BCUT2D eigenvalue weighted by molar-refractivity contribution is 5.99. The first-order valence-corrected chi connectivity index (χ1v) is 8.90. The Morgan fingerprint density at radius 2 is 1.96 bits per heavy atom.